The number of benzene rings is 2. The number of sulfone groups is 1. The molecule has 0 saturated heterocycles. The van der Waals surface area contributed by atoms with Gasteiger partial charge >= 0.3 is 0 Å². The van der Waals surface area contributed by atoms with E-state index >= 15 is 0 Å². The summed E-state index contributed by atoms with van der Waals surface area (Å²) in [6, 6.07) is 12.7. The second-order valence-corrected chi connectivity index (χ2v) is 7.29. The predicted octanol–water partition coefficient (Wildman–Crippen LogP) is 2.44. The summed E-state index contributed by atoms with van der Waals surface area (Å²) >= 11 is 3.23. The number of amides is 1. The summed E-state index contributed by atoms with van der Waals surface area (Å²) in [4.78, 5) is 11.9. The molecule has 0 aliphatic rings. The lowest BCUT2D eigenvalue weighted by Gasteiger charge is -2.07. The molecular weight excluding hydrogens is 356 g/mol. The number of carbonyl (C=O) groups is 1. The minimum absolute atomic E-state index is 0.105. The van der Waals surface area contributed by atoms with Crippen molar-refractivity contribution in [2.75, 3.05) is 16.8 Å². The largest absolute Gasteiger partial charge is 0.399 e. The smallest absolute Gasteiger partial charge is 0.239 e. The van der Waals surface area contributed by atoms with E-state index in [4.69, 9.17) is 5.73 Å². The monoisotopic (exact) mass is 368 g/mol. The lowest BCUT2D eigenvalue weighted by Crippen LogP contribution is -2.23. The van der Waals surface area contributed by atoms with Gasteiger partial charge in [-0.1, -0.05) is 22.0 Å². The quantitative estimate of drug-likeness (QED) is 0.811. The minimum Gasteiger partial charge on any atom is -0.399 e. The number of nitrogens with two attached hydrogens (primary N) is 1. The van der Waals surface area contributed by atoms with Crippen molar-refractivity contribution in [3.8, 4) is 0 Å². The van der Waals surface area contributed by atoms with Crippen molar-refractivity contribution in [3.63, 3.8) is 0 Å². The standard InChI is InChI=1S/C14H13BrN2O3S/c15-10-4-6-13(7-5-10)21(19,20)9-14(18)17-12-3-1-2-11(16)8-12/h1-8H,9,16H2,(H,17,18). The Morgan fingerprint density at radius 3 is 2.43 bits per heavy atom. The number of rotatable bonds is 4. The Balaban J connectivity index is 2.09. The fourth-order valence-corrected chi connectivity index (χ4v) is 3.11. The van der Waals surface area contributed by atoms with Crippen LogP contribution in [0.3, 0.4) is 0 Å². The summed E-state index contributed by atoms with van der Waals surface area (Å²) in [7, 11) is -3.67. The van der Waals surface area contributed by atoms with Gasteiger partial charge < -0.3 is 11.1 Å². The summed E-state index contributed by atoms with van der Waals surface area (Å²) < 4.78 is 25.0. The van der Waals surface area contributed by atoms with Crippen LogP contribution in [0, 0.1) is 0 Å². The summed E-state index contributed by atoms with van der Waals surface area (Å²) in [6.07, 6.45) is 0. The molecular formula is C14H13BrN2O3S. The zero-order valence-electron chi connectivity index (χ0n) is 10.9. The number of nitrogens with one attached hydrogen (secondary N) is 1. The van der Waals surface area contributed by atoms with Crippen molar-refractivity contribution < 1.29 is 13.2 Å². The molecule has 1 amide bonds. The van der Waals surface area contributed by atoms with Crippen molar-refractivity contribution in [2.24, 2.45) is 0 Å². The summed E-state index contributed by atoms with van der Waals surface area (Å²) in [5.41, 5.74) is 6.55. The first-order chi connectivity index (χ1) is 9.87. The molecule has 7 heteroatoms. The van der Waals surface area contributed by atoms with Crippen LogP contribution in [0.5, 0.6) is 0 Å². The molecule has 0 bridgehead atoms. The van der Waals surface area contributed by atoms with Crippen LogP contribution in [0.15, 0.2) is 57.9 Å². The number of halogens is 1. The summed E-state index contributed by atoms with van der Waals surface area (Å²) in [5, 5.41) is 2.51. The van der Waals surface area contributed by atoms with Crippen LogP contribution in [-0.4, -0.2) is 20.1 Å². The summed E-state index contributed by atoms with van der Waals surface area (Å²) in [6.45, 7) is 0. The molecule has 0 fully saturated rings. The molecule has 0 unspecified atom stereocenters. The van der Waals surface area contributed by atoms with E-state index in [0.717, 1.165) is 4.47 Å². The third-order valence-corrected chi connectivity index (χ3v) is 4.83. The Morgan fingerprint density at radius 2 is 1.81 bits per heavy atom. The van der Waals surface area contributed by atoms with Gasteiger partial charge in [-0.3, -0.25) is 4.79 Å². The molecule has 2 aromatic rings. The highest BCUT2D eigenvalue weighted by atomic mass is 79.9. The zero-order chi connectivity index (χ0) is 15.5. The van der Waals surface area contributed by atoms with E-state index in [0.29, 0.717) is 11.4 Å². The van der Waals surface area contributed by atoms with E-state index in [1.54, 1.807) is 36.4 Å². The van der Waals surface area contributed by atoms with Crippen LogP contribution in [0.2, 0.25) is 0 Å². The molecule has 2 rings (SSSR count). The van der Waals surface area contributed by atoms with Gasteiger partial charge in [-0.05, 0) is 42.5 Å². The van der Waals surface area contributed by atoms with Crippen LogP contribution >= 0.6 is 15.9 Å². The Bertz CT molecular complexity index is 758. The van der Waals surface area contributed by atoms with E-state index in [1.165, 1.54) is 12.1 Å². The van der Waals surface area contributed by atoms with Gasteiger partial charge in [0.15, 0.2) is 9.84 Å². The molecule has 21 heavy (non-hydrogen) atoms. The van der Waals surface area contributed by atoms with E-state index in [1.807, 2.05) is 0 Å². The molecule has 3 N–H and O–H groups in total. The molecule has 0 spiro atoms. The molecule has 0 radical (unpaired) electrons. The van der Waals surface area contributed by atoms with Gasteiger partial charge in [0, 0.05) is 15.8 Å². The Hall–Kier alpha value is -1.86. The number of nitrogen functional groups attached to an aromatic ring is 1. The average Bonchev–Trinajstić information content (AvgIpc) is 2.38. The number of anilines is 2. The van der Waals surface area contributed by atoms with Gasteiger partial charge in [0.1, 0.15) is 5.75 Å². The zero-order valence-corrected chi connectivity index (χ0v) is 13.3. The molecule has 5 nitrogen and oxygen atoms in total. The van der Waals surface area contributed by atoms with Crippen LogP contribution in [0.1, 0.15) is 0 Å². The molecule has 110 valence electrons. The fourth-order valence-electron chi connectivity index (χ4n) is 1.71. The molecule has 0 atom stereocenters. The lowest BCUT2D eigenvalue weighted by molar-refractivity contribution is -0.113. The average molecular weight is 369 g/mol. The van der Waals surface area contributed by atoms with Crippen LogP contribution < -0.4 is 11.1 Å². The predicted molar refractivity (Wildman–Crippen MR) is 85.7 cm³/mol. The Labute approximate surface area is 131 Å². The Morgan fingerprint density at radius 1 is 1.14 bits per heavy atom. The van der Waals surface area contributed by atoms with Crippen molar-refractivity contribution in [2.45, 2.75) is 4.90 Å². The van der Waals surface area contributed by atoms with Crippen LogP contribution in [0.4, 0.5) is 11.4 Å². The normalized spacial score (nSPS) is 11.1. The first kappa shape index (κ1) is 15.5. The first-order valence-electron chi connectivity index (χ1n) is 6.00. The molecule has 0 saturated carbocycles. The molecule has 2 aromatic carbocycles. The highest BCUT2D eigenvalue weighted by Gasteiger charge is 2.19. The summed E-state index contributed by atoms with van der Waals surface area (Å²) in [5.74, 6) is -1.23. The molecule has 0 heterocycles. The maximum absolute atomic E-state index is 12.1. The number of hydrogen-bond donors (Lipinski definition) is 2. The second kappa shape index (κ2) is 6.28. The number of carbonyl (C=O) groups excluding carboxylic acids is 1. The van der Waals surface area contributed by atoms with Gasteiger partial charge in [-0.15, -0.1) is 0 Å². The number of hydrogen-bond acceptors (Lipinski definition) is 4. The Kier molecular flexibility index (Phi) is 4.64. The highest BCUT2D eigenvalue weighted by molar-refractivity contribution is 9.10. The maximum Gasteiger partial charge on any atom is 0.239 e. The van der Waals surface area contributed by atoms with Crippen molar-refractivity contribution in [1.82, 2.24) is 0 Å². The van der Waals surface area contributed by atoms with Gasteiger partial charge in [0.05, 0.1) is 4.90 Å². The third-order valence-electron chi connectivity index (χ3n) is 2.66. The topological polar surface area (TPSA) is 89.3 Å². The second-order valence-electron chi connectivity index (χ2n) is 4.39. The minimum atomic E-state index is -3.67. The molecule has 0 aromatic heterocycles. The van der Waals surface area contributed by atoms with E-state index < -0.39 is 21.5 Å². The van der Waals surface area contributed by atoms with Crippen molar-refractivity contribution in [1.29, 1.82) is 0 Å². The molecule has 0 aliphatic carbocycles. The van der Waals surface area contributed by atoms with Crippen molar-refractivity contribution >= 4 is 43.0 Å². The van der Waals surface area contributed by atoms with Crippen molar-refractivity contribution in [3.05, 3.63) is 53.0 Å². The van der Waals surface area contributed by atoms with Crippen LogP contribution in [-0.2, 0) is 14.6 Å². The van der Waals surface area contributed by atoms with Gasteiger partial charge in [-0.25, -0.2) is 8.42 Å². The third kappa shape index (κ3) is 4.30. The van der Waals surface area contributed by atoms with E-state index in [-0.39, 0.29) is 4.90 Å². The lowest BCUT2D eigenvalue weighted by atomic mass is 10.3. The van der Waals surface area contributed by atoms with E-state index in [2.05, 4.69) is 21.2 Å². The fraction of sp³-hybridized carbons (Fsp3) is 0.0714. The van der Waals surface area contributed by atoms with Gasteiger partial charge in [-0.2, -0.15) is 0 Å². The van der Waals surface area contributed by atoms with Crippen LogP contribution in [0.25, 0.3) is 0 Å². The van der Waals surface area contributed by atoms with Gasteiger partial charge in [0.2, 0.25) is 5.91 Å². The maximum atomic E-state index is 12.1. The first-order valence-corrected chi connectivity index (χ1v) is 8.45. The highest BCUT2D eigenvalue weighted by Crippen LogP contribution is 2.17. The van der Waals surface area contributed by atoms with Gasteiger partial charge in [0.25, 0.3) is 0 Å². The SMILES string of the molecule is Nc1cccc(NC(=O)CS(=O)(=O)c2ccc(Br)cc2)c1. The van der Waals surface area contributed by atoms with E-state index in [9.17, 15) is 13.2 Å². The molecule has 0 aliphatic heterocycles.